The molecule has 2 aromatic rings. The molecule has 2 N–H and O–H groups in total. The van der Waals surface area contributed by atoms with Crippen LogP contribution < -0.4 is 5.43 Å². The van der Waals surface area contributed by atoms with E-state index in [0.29, 0.717) is 17.0 Å². The maximum atomic E-state index is 12.3. The van der Waals surface area contributed by atoms with E-state index in [4.69, 9.17) is 4.74 Å². The summed E-state index contributed by atoms with van der Waals surface area (Å²) in [5.74, 6) is -0.239. The highest BCUT2D eigenvalue weighted by Gasteiger charge is 2.26. The minimum absolute atomic E-state index is 0.239. The number of ether oxygens (including phenoxy) is 1. The summed E-state index contributed by atoms with van der Waals surface area (Å²) in [4.78, 5) is 18.1. The van der Waals surface area contributed by atoms with E-state index >= 15 is 0 Å². The number of aromatic amines is 1. The third-order valence-electron chi connectivity index (χ3n) is 4.99. The number of amides is 1. The molecule has 0 bridgehead atoms. The fourth-order valence-corrected chi connectivity index (χ4v) is 3.42. The zero-order valence-corrected chi connectivity index (χ0v) is 15.5. The highest BCUT2D eigenvalue weighted by atomic mass is 16.5. The highest BCUT2D eigenvalue weighted by molar-refractivity contribution is 6.32. The molecule has 0 unspecified atom stereocenters. The zero-order chi connectivity index (χ0) is 18.8. The summed E-state index contributed by atoms with van der Waals surface area (Å²) in [5, 5.41) is 12.1. The molecule has 0 radical (unpaired) electrons. The van der Waals surface area contributed by atoms with Crippen LogP contribution in [0, 0.1) is 13.8 Å². The van der Waals surface area contributed by atoms with Crippen LogP contribution in [0.15, 0.2) is 29.0 Å². The Kier molecular flexibility index (Phi) is 4.83. The number of hydrazone groups is 1. The Hall–Kier alpha value is -2.84. The first kappa shape index (κ1) is 17.6. The number of hydrogen-bond acceptors (Lipinski definition) is 6. The Morgan fingerprint density at radius 1 is 1.30 bits per heavy atom. The fourth-order valence-electron chi connectivity index (χ4n) is 3.42. The number of hydrogen-bond donors (Lipinski definition) is 2. The number of aromatic nitrogens is 3. The van der Waals surface area contributed by atoms with Crippen LogP contribution in [0.4, 0.5) is 0 Å². The Balaban J connectivity index is 1.64. The quantitative estimate of drug-likeness (QED) is 0.792. The predicted molar refractivity (Wildman–Crippen MR) is 101 cm³/mol. The molecule has 8 heteroatoms. The van der Waals surface area contributed by atoms with Gasteiger partial charge in [0.2, 0.25) is 0 Å². The molecule has 2 aliphatic heterocycles. The molecule has 0 saturated carbocycles. The predicted octanol–water partition coefficient (Wildman–Crippen LogP) is 1.17. The van der Waals surface area contributed by atoms with Gasteiger partial charge in [0, 0.05) is 37.2 Å². The van der Waals surface area contributed by atoms with Crippen molar-refractivity contribution in [1.29, 1.82) is 0 Å². The maximum absolute atomic E-state index is 12.3. The molecule has 8 nitrogen and oxygen atoms in total. The summed E-state index contributed by atoms with van der Waals surface area (Å²) in [5.41, 5.74) is 8.52. The largest absolute Gasteiger partial charge is 0.379 e. The van der Waals surface area contributed by atoms with E-state index in [1.54, 1.807) is 18.3 Å². The molecule has 1 amide bonds. The van der Waals surface area contributed by atoms with Gasteiger partial charge in [-0.2, -0.15) is 10.2 Å². The summed E-state index contributed by atoms with van der Waals surface area (Å²) in [7, 11) is 0. The summed E-state index contributed by atoms with van der Waals surface area (Å²) in [6.07, 6.45) is 3.44. The monoisotopic (exact) mass is 366 g/mol. The minimum Gasteiger partial charge on any atom is -0.379 e. The van der Waals surface area contributed by atoms with E-state index in [0.717, 1.165) is 49.8 Å². The van der Waals surface area contributed by atoms with Crippen molar-refractivity contribution in [3.8, 4) is 0 Å². The number of nitrogens with one attached hydrogen (secondary N) is 2. The lowest BCUT2D eigenvalue weighted by Gasteiger charge is -2.26. The van der Waals surface area contributed by atoms with Gasteiger partial charge in [-0.3, -0.25) is 9.69 Å². The van der Waals surface area contributed by atoms with Crippen LogP contribution >= 0.6 is 0 Å². The van der Waals surface area contributed by atoms with Gasteiger partial charge in [-0.05, 0) is 43.2 Å². The van der Waals surface area contributed by atoms with Gasteiger partial charge in [0.1, 0.15) is 11.4 Å². The number of nitrogens with zero attached hydrogens (tertiary/aromatic N) is 4. The second kappa shape index (κ2) is 7.42. The van der Waals surface area contributed by atoms with Crippen molar-refractivity contribution in [3.63, 3.8) is 0 Å². The Bertz CT molecular complexity index is 910. The summed E-state index contributed by atoms with van der Waals surface area (Å²) >= 11 is 0. The first-order chi connectivity index (χ1) is 13.1. The highest BCUT2D eigenvalue weighted by Crippen LogP contribution is 2.24. The molecule has 140 valence electrons. The second-order valence-corrected chi connectivity index (χ2v) is 6.72. The lowest BCUT2D eigenvalue weighted by atomic mass is 10.0. The van der Waals surface area contributed by atoms with Gasteiger partial charge in [-0.1, -0.05) is 0 Å². The summed E-state index contributed by atoms with van der Waals surface area (Å²) < 4.78 is 5.43. The molecule has 27 heavy (non-hydrogen) atoms. The van der Waals surface area contributed by atoms with Gasteiger partial charge in [-0.15, -0.1) is 5.10 Å². The van der Waals surface area contributed by atoms with Crippen LogP contribution in [0.1, 0.15) is 28.2 Å². The molecule has 0 spiro atoms. The molecule has 2 aliphatic rings. The lowest BCUT2D eigenvalue weighted by molar-refractivity contribution is -0.116. The number of aryl methyl sites for hydroxylation is 1. The zero-order valence-electron chi connectivity index (χ0n) is 15.5. The van der Waals surface area contributed by atoms with E-state index < -0.39 is 0 Å². The summed E-state index contributed by atoms with van der Waals surface area (Å²) in [6.45, 7) is 8.45. The van der Waals surface area contributed by atoms with E-state index in [2.05, 4.69) is 44.5 Å². The van der Waals surface area contributed by atoms with Crippen molar-refractivity contribution < 1.29 is 9.53 Å². The van der Waals surface area contributed by atoms with Crippen molar-refractivity contribution in [2.75, 3.05) is 26.3 Å². The van der Waals surface area contributed by atoms with E-state index in [1.807, 2.05) is 6.08 Å². The SMILES string of the molecule is Cc1[nH]c(C=C2C(=O)NN=C2c2cccnn2)c(C)c1CN1CCOCC1. The molecular weight excluding hydrogens is 344 g/mol. The van der Waals surface area contributed by atoms with Gasteiger partial charge in [0.15, 0.2) is 0 Å². The first-order valence-electron chi connectivity index (χ1n) is 9.00. The van der Waals surface area contributed by atoms with Crippen molar-refractivity contribution in [2.45, 2.75) is 20.4 Å². The minimum atomic E-state index is -0.239. The molecule has 0 aliphatic carbocycles. The third kappa shape index (κ3) is 3.54. The normalized spacial score (nSPS) is 19.4. The van der Waals surface area contributed by atoms with Crippen molar-refractivity contribution in [3.05, 3.63) is 52.1 Å². The van der Waals surface area contributed by atoms with E-state index in [9.17, 15) is 4.79 Å². The van der Waals surface area contributed by atoms with Crippen molar-refractivity contribution in [2.24, 2.45) is 5.10 Å². The average molecular weight is 366 g/mol. The first-order valence-corrected chi connectivity index (χ1v) is 9.00. The van der Waals surface area contributed by atoms with Gasteiger partial charge in [0.05, 0.1) is 18.8 Å². The third-order valence-corrected chi connectivity index (χ3v) is 4.99. The lowest BCUT2D eigenvalue weighted by Crippen LogP contribution is -2.35. The Morgan fingerprint density at radius 3 is 2.85 bits per heavy atom. The standard InChI is InChI=1S/C19H22N6O2/c1-12-15(11-25-6-8-27-9-7-25)13(2)21-17(12)10-14-18(23-24-19(14)26)16-4-3-5-20-22-16/h3-5,10,21H,6-9,11H2,1-2H3,(H,24,26). The molecule has 1 fully saturated rings. The molecule has 0 aromatic carbocycles. The number of morpholine rings is 1. The van der Waals surface area contributed by atoms with Crippen LogP contribution in [0.2, 0.25) is 0 Å². The van der Waals surface area contributed by atoms with E-state index in [1.165, 1.54) is 5.56 Å². The number of carbonyl (C=O) groups excluding carboxylic acids is 1. The average Bonchev–Trinajstić information content (AvgIpc) is 3.18. The van der Waals surface area contributed by atoms with Crippen LogP contribution in [0.25, 0.3) is 6.08 Å². The molecular formula is C19H22N6O2. The fraction of sp³-hybridized carbons (Fsp3) is 0.368. The Morgan fingerprint density at radius 2 is 2.11 bits per heavy atom. The number of H-pyrrole nitrogens is 1. The topological polar surface area (TPSA) is 95.5 Å². The van der Waals surface area contributed by atoms with Gasteiger partial charge in [-0.25, -0.2) is 5.43 Å². The summed E-state index contributed by atoms with van der Waals surface area (Å²) in [6, 6.07) is 3.56. The maximum Gasteiger partial charge on any atom is 0.273 e. The van der Waals surface area contributed by atoms with Gasteiger partial charge >= 0.3 is 0 Å². The molecule has 4 rings (SSSR count). The van der Waals surface area contributed by atoms with Crippen LogP contribution in [0.3, 0.4) is 0 Å². The molecule has 2 aromatic heterocycles. The molecule has 4 heterocycles. The van der Waals surface area contributed by atoms with Crippen LogP contribution in [0.5, 0.6) is 0 Å². The molecule has 0 atom stereocenters. The second-order valence-electron chi connectivity index (χ2n) is 6.72. The van der Waals surface area contributed by atoms with Crippen LogP contribution in [-0.4, -0.2) is 58.0 Å². The van der Waals surface area contributed by atoms with E-state index in [-0.39, 0.29) is 5.91 Å². The van der Waals surface area contributed by atoms with Gasteiger partial charge in [0.25, 0.3) is 5.91 Å². The number of rotatable bonds is 4. The van der Waals surface area contributed by atoms with Crippen LogP contribution in [-0.2, 0) is 16.1 Å². The Labute approximate surface area is 157 Å². The molecule has 1 saturated heterocycles. The smallest absolute Gasteiger partial charge is 0.273 e. The van der Waals surface area contributed by atoms with Crippen molar-refractivity contribution >= 4 is 17.7 Å². The van der Waals surface area contributed by atoms with Gasteiger partial charge < -0.3 is 9.72 Å². The van der Waals surface area contributed by atoms with Crippen molar-refractivity contribution in [1.82, 2.24) is 25.5 Å². The number of carbonyl (C=O) groups is 1.